The van der Waals surface area contributed by atoms with Gasteiger partial charge in [-0.25, -0.2) is 0 Å². The van der Waals surface area contributed by atoms with Gasteiger partial charge in [0.1, 0.15) is 5.76 Å². The van der Waals surface area contributed by atoms with Crippen molar-refractivity contribution in [3.05, 3.63) is 52.3 Å². The largest absolute Gasteiger partial charge is 0.453 e. The lowest BCUT2D eigenvalue weighted by Crippen LogP contribution is -2.09. The number of hydrogen-bond donors (Lipinski definition) is 2. The average Bonchev–Trinajstić information content (AvgIpc) is 2.78. The zero-order valence-electron chi connectivity index (χ0n) is 9.12. The van der Waals surface area contributed by atoms with E-state index in [-0.39, 0.29) is 29.7 Å². The number of nitro benzene ring substituents is 1. The van der Waals surface area contributed by atoms with Gasteiger partial charge in [-0.3, -0.25) is 15.5 Å². The highest BCUT2D eigenvalue weighted by Gasteiger charge is 2.09. The van der Waals surface area contributed by atoms with Crippen LogP contribution in [-0.4, -0.2) is 10.8 Å². The second-order valence-electron chi connectivity index (χ2n) is 3.38. The summed E-state index contributed by atoms with van der Waals surface area (Å²) in [6.45, 7) is 0. The van der Waals surface area contributed by atoms with Crippen molar-refractivity contribution in [2.45, 2.75) is 0 Å². The number of nitrogens with one attached hydrogen (secondary N) is 1. The first-order valence-corrected chi connectivity index (χ1v) is 4.77. The van der Waals surface area contributed by atoms with Gasteiger partial charge in [0.15, 0.2) is 11.6 Å². The summed E-state index contributed by atoms with van der Waals surface area (Å²) in [5.41, 5.74) is 5.99. The highest BCUT2D eigenvalue weighted by molar-refractivity contribution is 5.92. The fourth-order valence-electron chi connectivity index (χ4n) is 1.39. The second-order valence-corrected chi connectivity index (χ2v) is 3.38. The van der Waals surface area contributed by atoms with E-state index in [1.807, 2.05) is 0 Å². The molecule has 2 rings (SSSR count). The van der Waals surface area contributed by atoms with Crippen molar-refractivity contribution in [2.75, 3.05) is 0 Å². The Labute approximate surface area is 108 Å². The minimum Gasteiger partial charge on any atom is -0.453 e. The molecule has 1 aromatic carbocycles. The molecule has 7 heteroatoms. The number of nitro groups is 1. The Bertz CT molecular complexity index is 577. The van der Waals surface area contributed by atoms with E-state index in [0.29, 0.717) is 11.3 Å². The lowest BCUT2D eigenvalue weighted by atomic mass is 10.1. The van der Waals surface area contributed by atoms with Crippen molar-refractivity contribution in [3.63, 3.8) is 0 Å². The third kappa shape index (κ3) is 2.67. The summed E-state index contributed by atoms with van der Waals surface area (Å²) in [5, 5.41) is 17.7. The molecule has 1 heterocycles. The van der Waals surface area contributed by atoms with Crippen LogP contribution in [0.2, 0.25) is 0 Å². The average molecular weight is 268 g/mol. The summed E-state index contributed by atoms with van der Waals surface area (Å²) in [6, 6.07) is 9.20. The summed E-state index contributed by atoms with van der Waals surface area (Å²) in [5.74, 6) is 0.640. The lowest BCUT2D eigenvalue weighted by Gasteiger charge is -1.96. The van der Waals surface area contributed by atoms with E-state index in [0.717, 1.165) is 0 Å². The highest BCUT2D eigenvalue weighted by atomic mass is 35.5. The quantitative estimate of drug-likeness (QED) is 0.386. The molecule has 0 spiro atoms. The van der Waals surface area contributed by atoms with Crippen LogP contribution in [0.25, 0.3) is 11.3 Å². The molecule has 0 aliphatic rings. The van der Waals surface area contributed by atoms with Crippen molar-refractivity contribution < 1.29 is 9.34 Å². The molecule has 0 aliphatic heterocycles. The zero-order valence-corrected chi connectivity index (χ0v) is 9.94. The Morgan fingerprint density at radius 1 is 1.22 bits per heavy atom. The number of non-ortho nitro benzene ring substituents is 1. The molecule has 0 unspecified atom stereocenters. The molecule has 1 aromatic heterocycles. The van der Waals surface area contributed by atoms with E-state index in [1.165, 1.54) is 12.1 Å². The van der Waals surface area contributed by atoms with E-state index in [1.54, 1.807) is 24.3 Å². The zero-order chi connectivity index (χ0) is 12.4. The molecule has 0 fully saturated rings. The van der Waals surface area contributed by atoms with Crippen LogP contribution < -0.4 is 5.73 Å². The molecule has 94 valence electrons. The van der Waals surface area contributed by atoms with E-state index < -0.39 is 4.92 Å². The predicted molar refractivity (Wildman–Crippen MR) is 69.1 cm³/mol. The Morgan fingerprint density at radius 2 is 1.83 bits per heavy atom. The molecular formula is C11H10ClN3O3. The molecule has 0 saturated carbocycles. The smallest absolute Gasteiger partial charge is 0.269 e. The predicted octanol–water partition coefficient (Wildman–Crippen LogP) is 2.56. The van der Waals surface area contributed by atoms with Gasteiger partial charge in [0, 0.05) is 17.7 Å². The van der Waals surface area contributed by atoms with Gasteiger partial charge in [-0.2, -0.15) is 0 Å². The molecule has 0 bridgehead atoms. The number of nitrogens with two attached hydrogens (primary N) is 1. The van der Waals surface area contributed by atoms with Gasteiger partial charge in [-0.05, 0) is 24.3 Å². The minimum atomic E-state index is -0.465. The van der Waals surface area contributed by atoms with Crippen LogP contribution >= 0.6 is 12.4 Å². The van der Waals surface area contributed by atoms with Crippen LogP contribution in [0.5, 0.6) is 0 Å². The number of hydrogen-bond acceptors (Lipinski definition) is 4. The first-order valence-electron chi connectivity index (χ1n) is 4.77. The molecule has 0 saturated heterocycles. The molecule has 0 radical (unpaired) electrons. The molecule has 3 N–H and O–H groups in total. The van der Waals surface area contributed by atoms with Gasteiger partial charge in [0.05, 0.1) is 4.92 Å². The van der Waals surface area contributed by atoms with Crippen LogP contribution in [0.3, 0.4) is 0 Å². The van der Waals surface area contributed by atoms with E-state index >= 15 is 0 Å². The van der Waals surface area contributed by atoms with E-state index in [9.17, 15) is 10.1 Å². The van der Waals surface area contributed by atoms with E-state index in [4.69, 9.17) is 15.6 Å². The highest BCUT2D eigenvalue weighted by Crippen LogP contribution is 2.24. The van der Waals surface area contributed by atoms with Crippen LogP contribution in [0.1, 0.15) is 5.76 Å². The van der Waals surface area contributed by atoms with E-state index in [2.05, 4.69) is 0 Å². The summed E-state index contributed by atoms with van der Waals surface area (Å²) >= 11 is 0. The number of amidine groups is 1. The van der Waals surface area contributed by atoms with Crippen LogP contribution in [0.15, 0.2) is 40.8 Å². The fourth-order valence-corrected chi connectivity index (χ4v) is 1.39. The van der Waals surface area contributed by atoms with Gasteiger partial charge in [0.2, 0.25) is 0 Å². The summed E-state index contributed by atoms with van der Waals surface area (Å²) < 4.78 is 5.31. The van der Waals surface area contributed by atoms with Crippen LogP contribution in [0.4, 0.5) is 5.69 Å². The molecule has 6 nitrogen and oxygen atoms in total. The molecule has 0 amide bonds. The number of nitrogen functional groups attached to an aromatic ring is 1. The monoisotopic (exact) mass is 267 g/mol. The summed E-state index contributed by atoms with van der Waals surface area (Å²) in [6.07, 6.45) is 0. The maximum absolute atomic E-state index is 10.5. The van der Waals surface area contributed by atoms with Crippen molar-refractivity contribution in [2.24, 2.45) is 5.73 Å². The first-order chi connectivity index (χ1) is 8.08. The maximum Gasteiger partial charge on any atom is 0.269 e. The standard InChI is InChI=1S/C11H9N3O3.ClH/c12-11(13)10-6-5-9(17-10)7-1-3-8(4-2-7)14(15)16;/h1-6H,(H3,12,13);1H. The SMILES string of the molecule is Cl.N=C(N)c1ccc(-c2ccc([N+](=O)[O-])cc2)o1. The van der Waals surface area contributed by atoms with Gasteiger partial charge < -0.3 is 10.2 Å². The number of rotatable bonds is 3. The molecule has 0 atom stereocenters. The Hall–Kier alpha value is -2.34. The Morgan fingerprint density at radius 3 is 2.28 bits per heavy atom. The topological polar surface area (TPSA) is 106 Å². The second kappa shape index (κ2) is 5.33. The van der Waals surface area contributed by atoms with Crippen molar-refractivity contribution in [1.82, 2.24) is 0 Å². The number of halogens is 1. The molecular weight excluding hydrogens is 258 g/mol. The minimum absolute atomic E-state index is 0. The van der Waals surface area contributed by atoms with Crippen LogP contribution in [0, 0.1) is 15.5 Å². The molecule has 0 aliphatic carbocycles. The van der Waals surface area contributed by atoms with Gasteiger partial charge in [0.25, 0.3) is 5.69 Å². The van der Waals surface area contributed by atoms with Gasteiger partial charge in [-0.1, -0.05) is 0 Å². The number of nitrogens with zero attached hydrogens (tertiary/aromatic N) is 1. The fraction of sp³-hybridized carbons (Fsp3) is 0. The van der Waals surface area contributed by atoms with Gasteiger partial charge in [-0.15, -0.1) is 12.4 Å². The van der Waals surface area contributed by atoms with Gasteiger partial charge >= 0.3 is 0 Å². The Balaban J connectivity index is 0.00000162. The molecule has 18 heavy (non-hydrogen) atoms. The summed E-state index contributed by atoms with van der Waals surface area (Å²) in [7, 11) is 0. The number of benzene rings is 1. The lowest BCUT2D eigenvalue weighted by molar-refractivity contribution is -0.384. The van der Waals surface area contributed by atoms with Crippen molar-refractivity contribution in [3.8, 4) is 11.3 Å². The third-order valence-corrected chi connectivity index (χ3v) is 2.23. The molecule has 2 aromatic rings. The van der Waals surface area contributed by atoms with Crippen molar-refractivity contribution >= 4 is 23.9 Å². The maximum atomic E-state index is 10.5. The summed E-state index contributed by atoms with van der Waals surface area (Å²) in [4.78, 5) is 10.0. The normalized spacial score (nSPS) is 9.56. The van der Waals surface area contributed by atoms with Crippen LogP contribution in [-0.2, 0) is 0 Å². The van der Waals surface area contributed by atoms with Crippen molar-refractivity contribution in [1.29, 1.82) is 5.41 Å². The first kappa shape index (κ1) is 13.7. The third-order valence-electron chi connectivity index (χ3n) is 2.23. The Kier molecular flexibility index (Phi) is 4.06. The number of furan rings is 1.